The minimum atomic E-state index is -1.17. The minimum Gasteiger partial charge on any atom is -0.480 e. The molecule has 5 atom stereocenters. The molecule has 36 heavy (non-hydrogen) atoms. The first-order valence-electron chi connectivity index (χ1n) is 12.1. The van der Waals surface area contributed by atoms with E-state index in [0.29, 0.717) is 6.42 Å². The highest BCUT2D eigenvalue weighted by atomic mass is 16.4. The summed E-state index contributed by atoms with van der Waals surface area (Å²) >= 11 is 0. The molecule has 1 aromatic carbocycles. The second kappa shape index (κ2) is 14.8. The van der Waals surface area contributed by atoms with E-state index in [-0.39, 0.29) is 31.1 Å². The molecular weight excluding hydrogens is 466 g/mol. The lowest BCUT2D eigenvalue weighted by atomic mass is 9.95. The summed E-state index contributed by atoms with van der Waals surface area (Å²) in [6.45, 7) is 6.95. The van der Waals surface area contributed by atoms with Crippen LogP contribution in [0.25, 0.3) is 0 Å². The number of hydrogen-bond donors (Lipinski definition) is 6. The number of carboxylic acid groups (broad SMARTS) is 1. The highest BCUT2D eigenvalue weighted by Crippen LogP contribution is 2.12. The lowest BCUT2D eigenvalue weighted by Gasteiger charge is -2.29. The standard InChI is InChI=1S/C25H39N5O6/c1-5-15(4)21(24(34)29-20(14(2)3)25(35)36)30-23(33)18(13-16-9-7-6-8-10-16)28-22(32)17(26)11-12-19(27)31/h6-10,14-15,17-18,20-21H,5,11-13,26H2,1-4H3,(H2,27,31)(H,28,32)(H,29,34)(H,30,33)(H,35,36). The first-order chi connectivity index (χ1) is 16.9. The third kappa shape index (κ3) is 10.0. The van der Waals surface area contributed by atoms with Crippen molar-refractivity contribution in [3.63, 3.8) is 0 Å². The van der Waals surface area contributed by atoms with Gasteiger partial charge in [-0.25, -0.2) is 4.79 Å². The second-order valence-corrected chi connectivity index (χ2v) is 9.30. The molecule has 5 unspecified atom stereocenters. The summed E-state index contributed by atoms with van der Waals surface area (Å²) in [5.41, 5.74) is 11.8. The Balaban J connectivity index is 3.12. The molecule has 8 N–H and O–H groups in total. The van der Waals surface area contributed by atoms with Crippen LogP contribution in [0.3, 0.4) is 0 Å². The molecule has 0 aliphatic rings. The normalized spacial score (nSPS) is 15.2. The molecule has 0 radical (unpaired) electrons. The molecule has 0 aliphatic heterocycles. The third-order valence-corrected chi connectivity index (χ3v) is 5.98. The van der Waals surface area contributed by atoms with E-state index in [4.69, 9.17) is 11.5 Å². The van der Waals surface area contributed by atoms with Crippen LogP contribution < -0.4 is 27.4 Å². The van der Waals surface area contributed by atoms with Gasteiger partial charge in [0, 0.05) is 12.8 Å². The molecule has 1 aromatic rings. The van der Waals surface area contributed by atoms with Crippen molar-refractivity contribution in [3.05, 3.63) is 35.9 Å². The number of carbonyl (C=O) groups is 5. The molecule has 11 nitrogen and oxygen atoms in total. The number of nitrogens with two attached hydrogens (primary N) is 2. The number of amides is 4. The summed E-state index contributed by atoms with van der Waals surface area (Å²) in [5.74, 6) is -4.34. The van der Waals surface area contributed by atoms with E-state index in [1.165, 1.54) is 0 Å². The summed E-state index contributed by atoms with van der Waals surface area (Å²) in [5, 5.41) is 17.3. The number of benzene rings is 1. The minimum absolute atomic E-state index is 0.0184. The van der Waals surface area contributed by atoms with Gasteiger partial charge in [-0.3, -0.25) is 19.2 Å². The fraction of sp³-hybridized carbons (Fsp3) is 0.560. The zero-order valence-corrected chi connectivity index (χ0v) is 21.3. The molecule has 0 fully saturated rings. The molecule has 0 bridgehead atoms. The van der Waals surface area contributed by atoms with Gasteiger partial charge in [-0.15, -0.1) is 0 Å². The van der Waals surface area contributed by atoms with Gasteiger partial charge in [0.05, 0.1) is 6.04 Å². The number of nitrogens with one attached hydrogen (secondary N) is 3. The van der Waals surface area contributed by atoms with Crippen molar-refractivity contribution in [3.8, 4) is 0 Å². The summed E-state index contributed by atoms with van der Waals surface area (Å²) < 4.78 is 0. The van der Waals surface area contributed by atoms with E-state index in [1.807, 2.05) is 13.0 Å². The Labute approximate surface area is 211 Å². The van der Waals surface area contributed by atoms with E-state index in [1.54, 1.807) is 45.0 Å². The summed E-state index contributed by atoms with van der Waals surface area (Å²) in [6.07, 6.45) is 0.594. The number of carbonyl (C=O) groups excluding carboxylic acids is 4. The van der Waals surface area contributed by atoms with Gasteiger partial charge in [-0.2, -0.15) is 0 Å². The molecular formula is C25H39N5O6. The highest BCUT2D eigenvalue weighted by molar-refractivity contribution is 5.94. The molecule has 0 saturated carbocycles. The molecule has 0 aliphatic carbocycles. The Morgan fingerprint density at radius 2 is 1.47 bits per heavy atom. The highest BCUT2D eigenvalue weighted by Gasteiger charge is 2.33. The molecule has 1 rings (SSSR count). The Kier molecular flexibility index (Phi) is 12.6. The predicted molar refractivity (Wildman–Crippen MR) is 134 cm³/mol. The summed E-state index contributed by atoms with van der Waals surface area (Å²) in [6, 6.07) is 4.70. The molecule has 200 valence electrons. The third-order valence-electron chi connectivity index (χ3n) is 5.98. The number of rotatable bonds is 15. The molecule has 0 saturated heterocycles. The van der Waals surface area contributed by atoms with Crippen molar-refractivity contribution in [2.24, 2.45) is 23.3 Å². The van der Waals surface area contributed by atoms with E-state index in [0.717, 1.165) is 5.56 Å². The lowest BCUT2D eigenvalue weighted by Crippen LogP contribution is -2.59. The predicted octanol–water partition coefficient (Wildman–Crippen LogP) is 0.0630. The van der Waals surface area contributed by atoms with Gasteiger partial charge in [0.15, 0.2) is 0 Å². The van der Waals surface area contributed by atoms with Gasteiger partial charge in [-0.05, 0) is 23.8 Å². The van der Waals surface area contributed by atoms with Gasteiger partial charge in [0.1, 0.15) is 18.1 Å². The maximum Gasteiger partial charge on any atom is 0.326 e. The first kappa shape index (κ1) is 30.6. The largest absolute Gasteiger partial charge is 0.480 e. The van der Waals surface area contributed by atoms with Crippen LogP contribution in [0.4, 0.5) is 0 Å². The van der Waals surface area contributed by atoms with Crippen LogP contribution >= 0.6 is 0 Å². The van der Waals surface area contributed by atoms with Crippen molar-refractivity contribution < 1.29 is 29.1 Å². The lowest BCUT2D eigenvalue weighted by molar-refractivity contribution is -0.144. The van der Waals surface area contributed by atoms with Gasteiger partial charge >= 0.3 is 5.97 Å². The van der Waals surface area contributed by atoms with Gasteiger partial charge in [-0.1, -0.05) is 64.4 Å². The first-order valence-corrected chi connectivity index (χ1v) is 12.1. The number of primary amides is 1. The van der Waals surface area contributed by atoms with Crippen molar-refractivity contribution in [1.82, 2.24) is 16.0 Å². The second-order valence-electron chi connectivity index (χ2n) is 9.30. The van der Waals surface area contributed by atoms with Crippen molar-refractivity contribution in [2.45, 2.75) is 77.5 Å². The molecule has 4 amide bonds. The Bertz CT molecular complexity index is 907. The van der Waals surface area contributed by atoms with Gasteiger partial charge in [0.2, 0.25) is 23.6 Å². The van der Waals surface area contributed by atoms with E-state index < -0.39 is 53.8 Å². The van der Waals surface area contributed by atoms with Crippen LogP contribution in [0.1, 0.15) is 52.5 Å². The Morgan fingerprint density at radius 3 is 1.97 bits per heavy atom. The number of aliphatic carboxylic acids is 1. The molecule has 11 heteroatoms. The molecule has 0 aromatic heterocycles. The van der Waals surface area contributed by atoms with E-state index in [9.17, 15) is 29.1 Å². The maximum absolute atomic E-state index is 13.3. The van der Waals surface area contributed by atoms with Crippen LogP contribution in [0, 0.1) is 11.8 Å². The van der Waals surface area contributed by atoms with Crippen molar-refractivity contribution >= 4 is 29.6 Å². The van der Waals surface area contributed by atoms with Crippen LogP contribution in [-0.2, 0) is 30.4 Å². The van der Waals surface area contributed by atoms with Crippen molar-refractivity contribution in [2.75, 3.05) is 0 Å². The summed E-state index contributed by atoms with van der Waals surface area (Å²) in [7, 11) is 0. The average molecular weight is 506 g/mol. The van der Waals surface area contributed by atoms with Crippen molar-refractivity contribution in [1.29, 1.82) is 0 Å². The molecule has 0 heterocycles. The van der Waals surface area contributed by atoms with Crippen LogP contribution in [0.2, 0.25) is 0 Å². The monoisotopic (exact) mass is 505 g/mol. The summed E-state index contributed by atoms with van der Waals surface area (Å²) in [4.78, 5) is 61.6. The topological polar surface area (TPSA) is 194 Å². The number of hydrogen-bond acceptors (Lipinski definition) is 6. The smallest absolute Gasteiger partial charge is 0.326 e. The quantitative estimate of drug-likeness (QED) is 0.194. The van der Waals surface area contributed by atoms with Gasteiger partial charge in [0.25, 0.3) is 0 Å². The Morgan fingerprint density at radius 1 is 0.889 bits per heavy atom. The SMILES string of the molecule is CCC(C)C(NC(=O)C(Cc1ccccc1)NC(=O)C(N)CCC(N)=O)C(=O)NC(C(=O)O)C(C)C. The maximum atomic E-state index is 13.3. The van der Waals surface area contributed by atoms with Crippen LogP contribution in [0.15, 0.2) is 30.3 Å². The fourth-order valence-electron chi connectivity index (χ4n) is 3.48. The number of carboxylic acids is 1. The van der Waals surface area contributed by atoms with Crippen LogP contribution in [-0.4, -0.2) is 58.9 Å². The zero-order valence-electron chi connectivity index (χ0n) is 21.3. The van der Waals surface area contributed by atoms with E-state index >= 15 is 0 Å². The zero-order chi connectivity index (χ0) is 27.4. The average Bonchev–Trinajstić information content (AvgIpc) is 2.83. The van der Waals surface area contributed by atoms with Gasteiger partial charge < -0.3 is 32.5 Å². The fourth-order valence-corrected chi connectivity index (χ4v) is 3.48. The van der Waals surface area contributed by atoms with Crippen LogP contribution in [0.5, 0.6) is 0 Å². The Hall–Kier alpha value is -3.47. The molecule has 0 spiro atoms. The van der Waals surface area contributed by atoms with E-state index in [2.05, 4.69) is 16.0 Å².